The van der Waals surface area contributed by atoms with Crippen molar-refractivity contribution in [2.45, 2.75) is 11.7 Å². The Morgan fingerprint density at radius 1 is 1.39 bits per heavy atom. The Hall–Kier alpha value is -2.11. The molecule has 0 bridgehead atoms. The summed E-state index contributed by atoms with van der Waals surface area (Å²) in [6.45, 7) is -0.231. The van der Waals surface area contributed by atoms with Crippen LogP contribution in [0.3, 0.4) is 0 Å². The molecule has 2 unspecified atom stereocenters. The molecule has 152 valence electrons. The van der Waals surface area contributed by atoms with Gasteiger partial charge in [-0.05, 0) is 24.6 Å². The molecule has 1 aromatic heterocycles. The fourth-order valence-electron chi connectivity index (χ4n) is 2.81. The fourth-order valence-corrected chi connectivity index (χ4v) is 4.87. The Labute approximate surface area is 169 Å². The van der Waals surface area contributed by atoms with Gasteiger partial charge in [-0.2, -0.15) is 0 Å². The van der Waals surface area contributed by atoms with Gasteiger partial charge in [0.15, 0.2) is 5.75 Å². The number of nitrogens with one attached hydrogen (secondary N) is 2. The summed E-state index contributed by atoms with van der Waals surface area (Å²) >= 11 is 3.17. The van der Waals surface area contributed by atoms with Gasteiger partial charge >= 0.3 is 0 Å². The van der Waals surface area contributed by atoms with Crippen LogP contribution in [0.4, 0.5) is 21.6 Å². The third kappa shape index (κ3) is 4.01. The smallest absolute Gasteiger partial charge is 0.255 e. The summed E-state index contributed by atoms with van der Waals surface area (Å²) in [6, 6.07) is 5.42. The van der Waals surface area contributed by atoms with Crippen LogP contribution >= 0.6 is 15.9 Å². The second kappa shape index (κ2) is 7.72. The summed E-state index contributed by atoms with van der Waals surface area (Å²) in [5, 5.41) is 11.2. The van der Waals surface area contributed by atoms with Crippen LogP contribution < -0.4 is 20.3 Å². The van der Waals surface area contributed by atoms with E-state index in [1.807, 2.05) is 0 Å². The normalized spacial score (nSPS) is 18.6. The van der Waals surface area contributed by atoms with E-state index >= 15 is 0 Å². The molecule has 28 heavy (non-hydrogen) atoms. The van der Waals surface area contributed by atoms with E-state index < -0.39 is 26.6 Å². The molecule has 3 rings (SSSR count). The summed E-state index contributed by atoms with van der Waals surface area (Å²) in [5.41, 5.74) is -0.443. The van der Waals surface area contributed by atoms with Crippen LogP contribution in [0.15, 0.2) is 33.5 Å². The average molecular weight is 476 g/mol. The number of nitrogens with zero attached hydrogens (tertiary/aromatic N) is 1. The van der Waals surface area contributed by atoms with Crippen molar-refractivity contribution in [3.05, 3.63) is 44.9 Å². The van der Waals surface area contributed by atoms with Crippen molar-refractivity contribution < 1.29 is 22.7 Å². The molecule has 0 aliphatic heterocycles. The first-order valence-electron chi connectivity index (χ1n) is 8.30. The molecule has 1 heterocycles. The lowest BCUT2D eigenvalue weighted by Gasteiger charge is -2.20. The highest BCUT2D eigenvalue weighted by atomic mass is 79.9. The maximum Gasteiger partial charge on any atom is 0.255 e. The highest BCUT2D eigenvalue weighted by Crippen LogP contribution is 2.40. The predicted octanol–water partition coefficient (Wildman–Crippen LogP) is 2.16. The zero-order valence-electron chi connectivity index (χ0n) is 15.1. The van der Waals surface area contributed by atoms with Crippen LogP contribution in [0.1, 0.15) is 6.42 Å². The number of aliphatic hydroxyl groups is 1. The summed E-state index contributed by atoms with van der Waals surface area (Å²) in [6.07, 6.45) is 0.337. The molecule has 2 aromatic rings. The minimum Gasteiger partial charge on any atom is -0.494 e. The summed E-state index contributed by atoms with van der Waals surface area (Å²) in [7, 11) is -1.12. The van der Waals surface area contributed by atoms with Crippen molar-refractivity contribution in [1.82, 2.24) is 4.57 Å². The standard InChI is InChI=1S/C17H19BrFN3O5S/c1-22-15(24)7-13(27-2)16(21-28(25,26)14-5-9(14)8-23)17(22)20-12-4-3-10(18)6-11(12)19/h3-4,6-7,9,14,20-21,23H,5,8H2,1-2H3. The largest absolute Gasteiger partial charge is 0.494 e. The molecule has 3 N–H and O–H groups in total. The Morgan fingerprint density at radius 2 is 2.11 bits per heavy atom. The van der Waals surface area contributed by atoms with Crippen molar-refractivity contribution >= 4 is 43.1 Å². The summed E-state index contributed by atoms with van der Waals surface area (Å²) in [4.78, 5) is 12.2. The molecule has 8 nitrogen and oxygen atoms in total. The van der Waals surface area contributed by atoms with Gasteiger partial charge in [0.25, 0.3) is 5.56 Å². The third-order valence-electron chi connectivity index (χ3n) is 4.54. The van der Waals surface area contributed by atoms with Crippen LogP contribution in [0, 0.1) is 11.7 Å². The van der Waals surface area contributed by atoms with Crippen molar-refractivity contribution in [2.75, 3.05) is 23.8 Å². The Bertz CT molecular complexity index is 1070. The number of ether oxygens (including phenoxy) is 1. The maximum atomic E-state index is 14.3. The van der Waals surface area contributed by atoms with Gasteiger partial charge in [-0.15, -0.1) is 0 Å². The molecule has 1 aromatic carbocycles. The zero-order chi connectivity index (χ0) is 20.6. The van der Waals surface area contributed by atoms with Crippen LogP contribution in [0.25, 0.3) is 0 Å². The second-order valence-corrected chi connectivity index (χ2v) is 9.26. The van der Waals surface area contributed by atoms with Crippen molar-refractivity contribution in [3.63, 3.8) is 0 Å². The van der Waals surface area contributed by atoms with Crippen LogP contribution in [-0.4, -0.2) is 37.1 Å². The van der Waals surface area contributed by atoms with E-state index in [1.54, 1.807) is 6.07 Å². The lowest BCUT2D eigenvalue weighted by molar-refractivity contribution is 0.277. The molecule has 0 radical (unpaired) electrons. The molecule has 1 fully saturated rings. The number of benzene rings is 1. The summed E-state index contributed by atoms with van der Waals surface area (Å²) in [5.74, 6) is -0.916. The predicted molar refractivity (Wildman–Crippen MR) is 107 cm³/mol. The van der Waals surface area contributed by atoms with Crippen LogP contribution in [0.5, 0.6) is 5.75 Å². The number of sulfonamides is 1. The van der Waals surface area contributed by atoms with E-state index in [1.165, 1.54) is 26.3 Å². The highest BCUT2D eigenvalue weighted by Gasteiger charge is 2.47. The fraction of sp³-hybridized carbons (Fsp3) is 0.353. The first-order chi connectivity index (χ1) is 13.2. The number of hydrogen-bond acceptors (Lipinski definition) is 6. The molecule has 1 aliphatic rings. The van der Waals surface area contributed by atoms with E-state index in [2.05, 4.69) is 26.0 Å². The van der Waals surface area contributed by atoms with Gasteiger partial charge in [0.05, 0.1) is 18.0 Å². The number of aromatic nitrogens is 1. The summed E-state index contributed by atoms with van der Waals surface area (Å²) < 4.78 is 48.8. The molecule has 1 aliphatic carbocycles. The van der Waals surface area contributed by atoms with Gasteiger partial charge < -0.3 is 15.2 Å². The van der Waals surface area contributed by atoms with Crippen LogP contribution in [0.2, 0.25) is 0 Å². The van der Waals surface area contributed by atoms with E-state index in [-0.39, 0.29) is 35.5 Å². The van der Waals surface area contributed by atoms with E-state index in [0.717, 1.165) is 10.6 Å². The van der Waals surface area contributed by atoms with Gasteiger partial charge in [-0.3, -0.25) is 14.1 Å². The maximum absolute atomic E-state index is 14.3. The number of hydrogen-bond donors (Lipinski definition) is 3. The number of aliphatic hydroxyl groups excluding tert-OH is 1. The minimum atomic E-state index is -3.84. The Balaban J connectivity index is 2.07. The molecular weight excluding hydrogens is 457 g/mol. The number of anilines is 3. The number of methoxy groups -OCH3 is 1. The first kappa shape index (κ1) is 20.6. The molecule has 0 saturated heterocycles. The van der Waals surface area contributed by atoms with E-state index in [9.17, 15) is 17.6 Å². The molecule has 0 amide bonds. The third-order valence-corrected chi connectivity index (χ3v) is 6.90. The van der Waals surface area contributed by atoms with Crippen LogP contribution in [-0.2, 0) is 17.1 Å². The SMILES string of the molecule is COc1cc(=O)n(C)c(Nc2ccc(Br)cc2F)c1NS(=O)(=O)C1CC1CO. The zero-order valence-corrected chi connectivity index (χ0v) is 17.5. The van der Waals surface area contributed by atoms with Gasteiger partial charge in [0.1, 0.15) is 17.3 Å². The van der Waals surface area contributed by atoms with E-state index in [0.29, 0.717) is 10.9 Å². The highest BCUT2D eigenvalue weighted by molar-refractivity contribution is 9.10. The molecule has 0 spiro atoms. The Kier molecular flexibility index (Phi) is 5.69. The number of rotatable bonds is 7. The topological polar surface area (TPSA) is 110 Å². The van der Waals surface area contributed by atoms with Gasteiger partial charge in [0.2, 0.25) is 10.0 Å². The Morgan fingerprint density at radius 3 is 2.68 bits per heavy atom. The molecule has 1 saturated carbocycles. The molecule has 11 heteroatoms. The van der Waals surface area contributed by atoms with Crippen molar-refractivity contribution in [1.29, 1.82) is 0 Å². The minimum absolute atomic E-state index is 0.00658. The number of halogens is 2. The number of pyridine rings is 1. The lowest BCUT2D eigenvalue weighted by Crippen LogP contribution is -2.25. The van der Waals surface area contributed by atoms with Gasteiger partial charge in [0, 0.05) is 30.1 Å². The molecule has 2 atom stereocenters. The second-order valence-electron chi connectivity index (χ2n) is 6.45. The average Bonchev–Trinajstić information content (AvgIpc) is 3.43. The quantitative estimate of drug-likeness (QED) is 0.565. The molecular formula is C17H19BrFN3O5S. The first-order valence-corrected chi connectivity index (χ1v) is 10.6. The van der Waals surface area contributed by atoms with Crippen molar-refractivity contribution in [3.8, 4) is 5.75 Å². The lowest BCUT2D eigenvalue weighted by atomic mass is 10.3. The van der Waals surface area contributed by atoms with Gasteiger partial charge in [-0.25, -0.2) is 12.8 Å². The van der Waals surface area contributed by atoms with Gasteiger partial charge in [-0.1, -0.05) is 15.9 Å². The monoisotopic (exact) mass is 475 g/mol. The van der Waals surface area contributed by atoms with E-state index in [4.69, 9.17) is 9.84 Å². The van der Waals surface area contributed by atoms with Crippen molar-refractivity contribution in [2.24, 2.45) is 13.0 Å².